The largest absolute Gasteiger partial charge is 0.314 e. The van der Waals surface area contributed by atoms with Crippen molar-refractivity contribution in [2.45, 2.75) is 58.0 Å². The summed E-state index contributed by atoms with van der Waals surface area (Å²) in [6.45, 7) is 8.43. The fourth-order valence-electron chi connectivity index (χ4n) is 2.81. The number of sulfonamides is 1. The predicted molar refractivity (Wildman–Crippen MR) is 86.9 cm³/mol. The van der Waals surface area contributed by atoms with Crippen LogP contribution < -0.4 is 5.32 Å². The second kappa shape index (κ2) is 7.90. The molecule has 1 aliphatic carbocycles. The van der Waals surface area contributed by atoms with E-state index in [1.54, 1.807) is 4.31 Å². The lowest BCUT2D eigenvalue weighted by Crippen LogP contribution is -2.51. The summed E-state index contributed by atoms with van der Waals surface area (Å²) in [5.74, 6) is 0.308. The third kappa shape index (κ3) is 5.51. The number of hydrogen-bond acceptors (Lipinski definition) is 4. The summed E-state index contributed by atoms with van der Waals surface area (Å²) in [7, 11) is -3.05. The fraction of sp³-hybridized carbons (Fsp3) is 1.00. The molecule has 0 amide bonds. The van der Waals surface area contributed by atoms with Crippen LogP contribution in [-0.4, -0.2) is 68.2 Å². The lowest BCUT2D eigenvalue weighted by atomic mass is 10.2. The molecule has 1 aliphatic heterocycles. The summed E-state index contributed by atoms with van der Waals surface area (Å²) < 4.78 is 26.4. The molecule has 124 valence electrons. The first-order valence-electron chi connectivity index (χ1n) is 8.48. The van der Waals surface area contributed by atoms with Gasteiger partial charge in [-0.1, -0.05) is 6.92 Å². The molecule has 2 fully saturated rings. The van der Waals surface area contributed by atoms with Gasteiger partial charge in [0.05, 0.1) is 5.75 Å². The van der Waals surface area contributed by atoms with E-state index in [2.05, 4.69) is 24.1 Å². The summed E-state index contributed by atoms with van der Waals surface area (Å²) in [6, 6.07) is 1.28. The highest BCUT2D eigenvalue weighted by molar-refractivity contribution is 7.89. The summed E-state index contributed by atoms with van der Waals surface area (Å²) >= 11 is 0. The van der Waals surface area contributed by atoms with Gasteiger partial charge in [0.1, 0.15) is 0 Å². The number of hydrogen-bond donors (Lipinski definition) is 1. The first kappa shape index (κ1) is 17.2. The number of unbranched alkanes of at least 4 members (excludes halogenated alkanes) is 1. The maximum atomic E-state index is 12.3. The molecule has 2 rings (SSSR count). The van der Waals surface area contributed by atoms with E-state index < -0.39 is 10.0 Å². The molecule has 1 saturated heterocycles. The third-order valence-electron chi connectivity index (χ3n) is 4.72. The van der Waals surface area contributed by atoms with Crippen LogP contribution >= 0.6 is 0 Å². The van der Waals surface area contributed by atoms with Crippen LogP contribution in [0.5, 0.6) is 0 Å². The molecule has 0 bridgehead atoms. The summed E-state index contributed by atoms with van der Waals surface area (Å²) in [6.07, 6.45) is 5.44. The Morgan fingerprint density at radius 2 is 1.81 bits per heavy atom. The number of rotatable bonds is 9. The van der Waals surface area contributed by atoms with Crippen molar-refractivity contribution in [1.29, 1.82) is 0 Å². The molecule has 1 N–H and O–H groups in total. The van der Waals surface area contributed by atoms with E-state index in [0.717, 1.165) is 44.9 Å². The molecule has 1 heterocycles. The number of piperazine rings is 1. The van der Waals surface area contributed by atoms with Gasteiger partial charge in [0.15, 0.2) is 0 Å². The lowest BCUT2D eigenvalue weighted by Gasteiger charge is -2.37. The normalized spacial score (nSPS) is 23.3. The standard InChI is InChI=1S/C15H31N3O2S/c1-3-14(2)17-9-11-18(12-10-17)21(19,20)13-5-4-8-16-15-6-7-15/h14-16H,3-13H2,1-2H3. The average molecular weight is 317 g/mol. The molecule has 0 radical (unpaired) electrons. The summed E-state index contributed by atoms with van der Waals surface area (Å²) in [5.41, 5.74) is 0. The van der Waals surface area contributed by atoms with Gasteiger partial charge in [0.2, 0.25) is 10.0 Å². The number of nitrogens with one attached hydrogen (secondary N) is 1. The predicted octanol–water partition coefficient (Wildman–Crippen LogP) is 1.26. The van der Waals surface area contributed by atoms with E-state index in [4.69, 9.17) is 0 Å². The maximum absolute atomic E-state index is 12.3. The summed E-state index contributed by atoms with van der Waals surface area (Å²) in [5, 5.41) is 3.43. The maximum Gasteiger partial charge on any atom is 0.214 e. The van der Waals surface area contributed by atoms with Crippen LogP contribution in [-0.2, 0) is 10.0 Å². The van der Waals surface area contributed by atoms with E-state index in [-0.39, 0.29) is 0 Å². The Hall–Kier alpha value is -0.170. The van der Waals surface area contributed by atoms with Crippen molar-refractivity contribution in [2.75, 3.05) is 38.5 Å². The topological polar surface area (TPSA) is 52.7 Å². The van der Waals surface area contributed by atoms with Crippen molar-refractivity contribution in [1.82, 2.24) is 14.5 Å². The Morgan fingerprint density at radius 1 is 1.14 bits per heavy atom. The van der Waals surface area contributed by atoms with Gasteiger partial charge in [-0.05, 0) is 45.6 Å². The Morgan fingerprint density at radius 3 is 2.38 bits per heavy atom. The molecule has 0 aromatic carbocycles. The zero-order valence-corrected chi connectivity index (χ0v) is 14.4. The Bertz CT molecular complexity index is 401. The van der Waals surface area contributed by atoms with Crippen LogP contribution in [0, 0.1) is 0 Å². The molecule has 0 aromatic heterocycles. The zero-order chi connectivity index (χ0) is 15.3. The molecule has 1 unspecified atom stereocenters. The van der Waals surface area contributed by atoms with Gasteiger partial charge in [-0.2, -0.15) is 4.31 Å². The van der Waals surface area contributed by atoms with Gasteiger partial charge in [-0.3, -0.25) is 4.90 Å². The summed E-state index contributed by atoms with van der Waals surface area (Å²) in [4.78, 5) is 2.39. The van der Waals surface area contributed by atoms with Gasteiger partial charge in [0.25, 0.3) is 0 Å². The minimum absolute atomic E-state index is 0.308. The highest BCUT2D eigenvalue weighted by Gasteiger charge is 2.27. The monoisotopic (exact) mass is 317 g/mol. The van der Waals surface area contributed by atoms with Crippen LogP contribution in [0.25, 0.3) is 0 Å². The SMILES string of the molecule is CCC(C)N1CCN(S(=O)(=O)CCCCNC2CC2)CC1. The van der Waals surface area contributed by atoms with Crippen molar-refractivity contribution in [3.63, 3.8) is 0 Å². The van der Waals surface area contributed by atoms with E-state index in [9.17, 15) is 8.42 Å². The van der Waals surface area contributed by atoms with Crippen LogP contribution in [0.15, 0.2) is 0 Å². The molecule has 0 spiro atoms. The van der Waals surface area contributed by atoms with Gasteiger partial charge in [0, 0.05) is 38.3 Å². The number of nitrogens with zero attached hydrogens (tertiary/aromatic N) is 2. The van der Waals surface area contributed by atoms with E-state index in [1.807, 2.05) is 0 Å². The molecule has 1 saturated carbocycles. The minimum Gasteiger partial charge on any atom is -0.314 e. The van der Waals surface area contributed by atoms with Crippen molar-refractivity contribution in [3.8, 4) is 0 Å². The van der Waals surface area contributed by atoms with Crippen molar-refractivity contribution < 1.29 is 8.42 Å². The third-order valence-corrected chi connectivity index (χ3v) is 6.68. The average Bonchev–Trinajstić information content (AvgIpc) is 3.30. The first-order chi connectivity index (χ1) is 10.0. The van der Waals surface area contributed by atoms with Gasteiger partial charge in [-0.25, -0.2) is 8.42 Å². The van der Waals surface area contributed by atoms with Gasteiger partial charge < -0.3 is 5.32 Å². The lowest BCUT2D eigenvalue weighted by molar-refractivity contribution is 0.142. The van der Waals surface area contributed by atoms with Gasteiger partial charge in [-0.15, -0.1) is 0 Å². The quantitative estimate of drug-likeness (QED) is 0.651. The molecular weight excluding hydrogens is 286 g/mol. The van der Waals surface area contributed by atoms with Crippen molar-refractivity contribution in [2.24, 2.45) is 0 Å². The van der Waals surface area contributed by atoms with Crippen molar-refractivity contribution >= 4 is 10.0 Å². The molecule has 6 heteroatoms. The molecule has 0 aromatic rings. The second-order valence-corrected chi connectivity index (χ2v) is 8.53. The smallest absolute Gasteiger partial charge is 0.214 e. The van der Waals surface area contributed by atoms with Crippen LogP contribution in [0.2, 0.25) is 0 Å². The molecule has 21 heavy (non-hydrogen) atoms. The minimum atomic E-state index is -3.05. The van der Waals surface area contributed by atoms with E-state index in [0.29, 0.717) is 24.9 Å². The van der Waals surface area contributed by atoms with Crippen molar-refractivity contribution in [3.05, 3.63) is 0 Å². The fourth-order valence-corrected chi connectivity index (χ4v) is 4.36. The molecule has 1 atom stereocenters. The molecule has 2 aliphatic rings. The zero-order valence-electron chi connectivity index (χ0n) is 13.6. The van der Waals surface area contributed by atoms with Crippen LogP contribution in [0.1, 0.15) is 46.0 Å². The Balaban J connectivity index is 1.65. The van der Waals surface area contributed by atoms with Crippen LogP contribution in [0.4, 0.5) is 0 Å². The Kier molecular flexibility index (Phi) is 6.47. The van der Waals surface area contributed by atoms with E-state index >= 15 is 0 Å². The highest BCUT2D eigenvalue weighted by Crippen LogP contribution is 2.18. The Labute approximate surface area is 130 Å². The molecule has 5 nitrogen and oxygen atoms in total. The van der Waals surface area contributed by atoms with Gasteiger partial charge >= 0.3 is 0 Å². The van der Waals surface area contributed by atoms with Crippen LogP contribution in [0.3, 0.4) is 0 Å². The molecular formula is C15H31N3O2S. The first-order valence-corrected chi connectivity index (χ1v) is 10.1. The highest BCUT2D eigenvalue weighted by atomic mass is 32.2. The van der Waals surface area contributed by atoms with E-state index in [1.165, 1.54) is 12.8 Å². The second-order valence-electron chi connectivity index (χ2n) is 6.44.